The van der Waals surface area contributed by atoms with Crippen LogP contribution in [0.3, 0.4) is 0 Å². The number of nitrogens with one attached hydrogen (secondary N) is 1. The maximum absolute atomic E-state index is 12.4. The predicted octanol–water partition coefficient (Wildman–Crippen LogP) is 2.38. The number of hydrogen-bond donors (Lipinski definition) is 2. The van der Waals surface area contributed by atoms with Crippen molar-refractivity contribution in [2.45, 2.75) is 19.8 Å². The highest BCUT2D eigenvalue weighted by Gasteiger charge is 2.21. The Morgan fingerprint density at radius 2 is 2.27 bits per heavy atom. The second-order valence-corrected chi connectivity index (χ2v) is 6.02. The van der Waals surface area contributed by atoms with Gasteiger partial charge in [-0.2, -0.15) is 5.10 Å². The average Bonchev–Trinajstić information content (AvgIpc) is 3.11. The maximum atomic E-state index is 12.4. The number of aliphatic carboxylic acids is 1. The summed E-state index contributed by atoms with van der Waals surface area (Å²) >= 11 is 1.51. The van der Waals surface area contributed by atoms with Crippen molar-refractivity contribution in [1.82, 2.24) is 15.1 Å². The van der Waals surface area contributed by atoms with Gasteiger partial charge in [-0.1, -0.05) is 19.4 Å². The number of carboxylic acid groups (broad SMARTS) is 1. The topological polar surface area (TPSA) is 84.2 Å². The van der Waals surface area contributed by atoms with Crippen LogP contribution in [0.5, 0.6) is 0 Å². The largest absolute Gasteiger partial charge is 0.481 e. The van der Waals surface area contributed by atoms with Gasteiger partial charge in [0, 0.05) is 19.8 Å². The summed E-state index contributed by atoms with van der Waals surface area (Å²) in [5.74, 6) is -1.73. The van der Waals surface area contributed by atoms with E-state index in [1.807, 2.05) is 24.4 Å². The van der Waals surface area contributed by atoms with Gasteiger partial charge in [0.15, 0.2) is 0 Å². The summed E-state index contributed by atoms with van der Waals surface area (Å²) in [7, 11) is 1.75. The molecule has 2 aromatic heterocycles. The average molecular weight is 321 g/mol. The minimum absolute atomic E-state index is 0.126. The van der Waals surface area contributed by atoms with E-state index in [0.717, 1.165) is 11.3 Å². The summed E-state index contributed by atoms with van der Waals surface area (Å²) in [5, 5.41) is 18.1. The Labute approximate surface area is 132 Å². The van der Waals surface area contributed by atoms with Gasteiger partial charge in [0.2, 0.25) is 0 Å². The van der Waals surface area contributed by atoms with Crippen LogP contribution in [0.4, 0.5) is 0 Å². The molecule has 0 radical (unpaired) electrons. The van der Waals surface area contributed by atoms with Crippen LogP contribution < -0.4 is 5.32 Å². The second-order valence-electron chi connectivity index (χ2n) is 5.08. The van der Waals surface area contributed by atoms with E-state index in [-0.39, 0.29) is 12.5 Å². The van der Waals surface area contributed by atoms with Crippen molar-refractivity contribution in [1.29, 1.82) is 0 Å². The number of nitrogens with zero attached hydrogens (tertiary/aromatic N) is 2. The van der Waals surface area contributed by atoms with Crippen molar-refractivity contribution in [3.63, 3.8) is 0 Å². The van der Waals surface area contributed by atoms with Crippen LogP contribution in [0.1, 0.15) is 30.1 Å². The molecule has 118 valence electrons. The molecule has 22 heavy (non-hydrogen) atoms. The standard InChI is InChI=1S/C15H19N3O3S/c1-3-5-10(15(20)21)8-16-14(19)11-9-18(2)17-13(11)12-6-4-7-22-12/h4,6-7,9-10H,3,5,8H2,1-2H3,(H,16,19)(H,20,21). The van der Waals surface area contributed by atoms with E-state index < -0.39 is 11.9 Å². The summed E-state index contributed by atoms with van der Waals surface area (Å²) in [4.78, 5) is 24.4. The number of aromatic nitrogens is 2. The number of rotatable bonds is 7. The van der Waals surface area contributed by atoms with Gasteiger partial charge in [0.1, 0.15) is 5.69 Å². The molecule has 1 unspecified atom stereocenters. The summed E-state index contributed by atoms with van der Waals surface area (Å²) < 4.78 is 1.59. The van der Waals surface area contributed by atoms with E-state index in [2.05, 4.69) is 10.4 Å². The molecular weight excluding hydrogens is 302 g/mol. The molecule has 0 fully saturated rings. The molecule has 7 heteroatoms. The van der Waals surface area contributed by atoms with Gasteiger partial charge in [0.05, 0.1) is 16.4 Å². The zero-order chi connectivity index (χ0) is 16.1. The van der Waals surface area contributed by atoms with Crippen LogP contribution >= 0.6 is 11.3 Å². The van der Waals surface area contributed by atoms with E-state index in [4.69, 9.17) is 5.11 Å². The van der Waals surface area contributed by atoms with E-state index in [1.165, 1.54) is 11.3 Å². The smallest absolute Gasteiger partial charge is 0.308 e. The molecule has 0 aliphatic carbocycles. The van der Waals surface area contributed by atoms with Gasteiger partial charge in [0.25, 0.3) is 5.91 Å². The molecule has 6 nitrogen and oxygen atoms in total. The van der Waals surface area contributed by atoms with E-state index in [0.29, 0.717) is 17.7 Å². The maximum Gasteiger partial charge on any atom is 0.308 e. The van der Waals surface area contributed by atoms with Gasteiger partial charge in [-0.15, -0.1) is 11.3 Å². The fourth-order valence-electron chi connectivity index (χ4n) is 2.22. The minimum atomic E-state index is -0.883. The quantitative estimate of drug-likeness (QED) is 0.820. The van der Waals surface area contributed by atoms with Crippen LogP contribution in [0.25, 0.3) is 10.6 Å². The second kappa shape index (κ2) is 7.22. The molecule has 2 heterocycles. The zero-order valence-electron chi connectivity index (χ0n) is 12.6. The van der Waals surface area contributed by atoms with Crippen molar-refractivity contribution in [3.05, 3.63) is 29.3 Å². The Balaban J connectivity index is 2.12. The first kappa shape index (κ1) is 16.2. The van der Waals surface area contributed by atoms with Gasteiger partial charge in [-0.3, -0.25) is 14.3 Å². The van der Waals surface area contributed by atoms with E-state index in [1.54, 1.807) is 17.9 Å². The van der Waals surface area contributed by atoms with Gasteiger partial charge in [-0.25, -0.2) is 0 Å². The Morgan fingerprint density at radius 1 is 1.50 bits per heavy atom. The zero-order valence-corrected chi connectivity index (χ0v) is 13.4. The molecule has 1 amide bonds. The number of carbonyl (C=O) groups excluding carboxylic acids is 1. The van der Waals surface area contributed by atoms with Crippen molar-refractivity contribution < 1.29 is 14.7 Å². The number of carboxylic acids is 1. The Morgan fingerprint density at radius 3 is 2.86 bits per heavy atom. The number of amides is 1. The molecule has 2 N–H and O–H groups in total. The molecule has 0 aliphatic heterocycles. The van der Waals surface area contributed by atoms with Crippen LogP contribution in [0.2, 0.25) is 0 Å². The molecule has 0 bridgehead atoms. The highest BCUT2D eigenvalue weighted by Crippen LogP contribution is 2.26. The molecular formula is C15H19N3O3S. The lowest BCUT2D eigenvalue weighted by Gasteiger charge is -2.12. The normalized spacial score (nSPS) is 12.1. The molecule has 1 atom stereocenters. The highest BCUT2D eigenvalue weighted by atomic mass is 32.1. The SMILES string of the molecule is CCCC(CNC(=O)c1cn(C)nc1-c1cccs1)C(=O)O. The molecule has 0 saturated carbocycles. The van der Waals surface area contributed by atoms with Crippen LogP contribution in [-0.2, 0) is 11.8 Å². The molecule has 0 spiro atoms. The number of carbonyl (C=O) groups is 2. The summed E-state index contributed by atoms with van der Waals surface area (Å²) in [6, 6.07) is 3.80. The van der Waals surface area contributed by atoms with Crippen LogP contribution in [0.15, 0.2) is 23.7 Å². The van der Waals surface area contributed by atoms with Crippen molar-refractivity contribution in [2.75, 3.05) is 6.54 Å². The number of hydrogen-bond acceptors (Lipinski definition) is 4. The van der Waals surface area contributed by atoms with Gasteiger partial charge < -0.3 is 10.4 Å². The molecule has 0 saturated heterocycles. The lowest BCUT2D eigenvalue weighted by atomic mass is 10.0. The Hall–Kier alpha value is -2.15. The molecule has 2 rings (SSSR count). The lowest BCUT2D eigenvalue weighted by molar-refractivity contribution is -0.141. The van der Waals surface area contributed by atoms with Crippen molar-refractivity contribution in [2.24, 2.45) is 13.0 Å². The third kappa shape index (κ3) is 3.73. The molecule has 0 aromatic carbocycles. The summed E-state index contributed by atoms with van der Waals surface area (Å²) in [6.45, 7) is 2.05. The van der Waals surface area contributed by atoms with Crippen LogP contribution in [-0.4, -0.2) is 33.3 Å². The number of aryl methyl sites for hydroxylation is 1. The monoisotopic (exact) mass is 321 g/mol. The summed E-state index contributed by atoms with van der Waals surface area (Å²) in [5.41, 5.74) is 1.09. The highest BCUT2D eigenvalue weighted by molar-refractivity contribution is 7.13. The lowest BCUT2D eigenvalue weighted by Crippen LogP contribution is -2.33. The first-order valence-electron chi connectivity index (χ1n) is 7.11. The predicted molar refractivity (Wildman–Crippen MR) is 84.9 cm³/mol. The summed E-state index contributed by atoms with van der Waals surface area (Å²) in [6.07, 6.45) is 2.96. The Kier molecular flexibility index (Phi) is 5.32. The van der Waals surface area contributed by atoms with Crippen molar-refractivity contribution in [3.8, 4) is 10.6 Å². The Bertz CT molecular complexity index is 649. The van der Waals surface area contributed by atoms with Crippen LogP contribution in [0, 0.1) is 5.92 Å². The molecule has 2 aromatic rings. The van der Waals surface area contributed by atoms with E-state index in [9.17, 15) is 9.59 Å². The minimum Gasteiger partial charge on any atom is -0.481 e. The van der Waals surface area contributed by atoms with Crippen molar-refractivity contribution >= 4 is 23.2 Å². The first-order chi connectivity index (χ1) is 10.5. The van der Waals surface area contributed by atoms with E-state index >= 15 is 0 Å². The fourth-order valence-corrected chi connectivity index (χ4v) is 2.95. The number of thiophene rings is 1. The first-order valence-corrected chi connectivity index (χ1v) is 7.99. The third-order valence-corrected chi connectivity index (χ3v) is 4.20. The van der Waals surface area contributed by atoms with Gasteiger partial charge >= 0.3 is 5.97 Å². The third-order valence-electron chi connectivity index (χ3n) is 3.32. The molecule has 0 aliphatic rings. The fraction of sp³-hybridized carbons (Fsp3) is 0.400. The van der Waals surface area contributed by atoms with Gasteiger partial charge in [-0.05, 0) is 17.9 Å².